The van der Waals surface area contributed by atoms with Gasteiger partial charge in [-0.15, -0.1) is 6.58 Å². The molecular formula is C12H18O. The normalized spacial score (nSPS) is 32.8. The topological polar surface area (TPSA) is 17.1 Å². The van der Waals surface area contributed by atoms with Gasteiger partial charge in [0.2, 0.25) is 0 Å². The van der Waals surface area contributed by atoms with Crippen molar-refractivity contribution in [2.24, 2.45) is 11.3 Å². The number of carbonyl (C=O) groups excluding carboxylic acids is 1. The van der Waals surface area contributed by atoms with E-state index in [4.69, 9.17) is 0 Å². The SMILES string of the molecule is C=CCCC1C=CCC(C)(C=O)C1. The molecule has 0 spiro atoms. The monoisotopic (exact) mass is 178 g/mol. The molecule has 0 aromatic carbocycles. The van der Waals surface area contributed by atoms with Gasteiger partial charge in [-0.3, -0.25) is 0 Å². The molecule has 0 saturated carbocycles. The standard InChI is InChI=1S/C12H18O/c1-3-4-6-11-7-5-8-12(2,9-11)10-13/h3,5,7,10-11H,1,4,6,8-9H2,2H3. The van der Waals surface area contributed by atoms with Gasteiger partial charge in [-0.25, -0.2) is 0 Å². The maximum Gasteiger partial charge on any atom is 0.126 e. The molecule has 1 nitrogen and oxygen atoms in total. The van der Waals surface area contributed by atoms with Crippen LogP contribution >= 0.6 is 0 Å². The highest BCUT2D eigenvalue weighted by Crippen LogP contribution is 2.35. The van der Waals surface area contributed by atoms with Gasteiger partial charge in [-0.05, 0) is 31.6 Å². The van der Waals surface area contributed by atoms with Gasteiger partial charge < -0.3 is 4.79 Å². The molecule has 2 unspecified atom stereocenters. The number of carbonyl (C=O) groups is 1. The van der Waals surface area contributed by atoms with Gasteiger partial charge in [-0.1, -0.05) is 25.2 Å². The largest absolute Gasteiger partial charge is 0.303 e. The lowest BCUT2D eigenvalue weighted by Crippen LogP contribution is -2.24. The van der Waals surface area contributed by atoms with Crippen LogP contribution in [0.25, 0.3) is 0 Å². The number of allylic oxidation sites excluding steroid dienone is 3. The number of rotatable bonds is 4. The summed E-state index contributed by atoms with van der Waals surface area (Å²) in [5, 5.41) is 0. The summed E-state index contributed by atoms with van der Waals surface area (Å²) in [6.07, 6.45) is 11.5. The van der Waals surface area contributed by atoms with Crippen LogP contribution in [0.5, 0.6) is 0 Å². The molecule has 0 bridgehead atoms. The molecule has 1 rings (SSSR count). The molecule has 0 amide bonds. The molecular weight excluding hydrogens is 160 g/mol. The van der Waals surface area contributed by atoms with Crippen LogP contribution in [-0.2, 0) is 4.79 Å². The van der Waals surface area contributed by atoms with Gasteiger partial charge in [0, 0.05) is 5.41 Å². The Morgan fingerprint density at radius 3 is 3.08 bits per heavy atom. The summed E-state index contributed by atoms with van der Waals surface area (Å²) in [6, 6.07) is 0. The highest BCUT2D eigenvalue weighted by Gasteiger charge is 2.28. The fraction of sp³-hybridized carbons (Fsp3) is 0.583. The van der Waals surface area contributed by atoms with Crippen molar-refractivity contribution < 1.29 is 4.79 Å². The Morgan fingerprint density at radius 1 is 1.69 bits per heavy atom. The minimum Gasteiger partial charge on any atom is -0.303 e. The number of aldehydes is 1. The molecule has 0 radical (unpaired) electrons. The second-order valence-corrected chi connectivity index (χ2v) is 4.23. The molecule has 0 aromatic heterocycles. The number of hydrogen-bond donors (Lipinski definition) is 0. The van der Waals surface area contributed by atoms with Gasteiger partial charge in [0.25, 0.3) is 0 Å². The van der Waals surface area contributed by atoms with Crippen LogP contribution in [0.3, 0.4) is 0 Å². The third kappa shape index (κ3) is 2.83. The molecule has 0 N–H and O–H groups in total. The smallest absolute Gasteiger partial charge is 0.126 e. The van der Waals surface area contributed by atoms with Crippen molar-refractivity contribution in [2.75, 3.05) is 0 Å². The lowest BCUT2D eigenvalue weighted by molar-refractivity contribution is -0.116. The molecule has 0 saturated heterocycles. The lowest BCUT2D eigenvalue weighted by Gasteiger charge is -2.29. The molecule has 1 aliphatic rings. The third-order valence-electron chi connectivity index (χ3n) is 2.75. The van der Waals surface area contributed by atoms with E-state index < -0.39 is 0 Å². The summed E-state index contributed by atoms with van der Waals surface area (Å²) in [7, 11) is 0. The first-order valence-electron chi connectivity index (χ1n) is 4.94. The van der Waals surface area contributed by atoms with Crippen molar-refractivity contribution in [3.63, 3.8) is 0 Å². The highest BCUT2D eigenvalue weighted by molar-refractivity contribution is 5.59. The maximum atomic E-state index is 10.8. The van der Waals surface area contributed by atoms with Crippen LogP contribution in [0, 0.1) is 11.3 Å². The van der Waals surface area contributed by atoms with Crippen molar-refractivity contribution in [1.82, 2.24) is 0 Å². The average molecular weight is 178 g/mol. The van der Waals surface area contributed by atoms with Crippen LogP contribution < -0.4 is 0 Å². The summed E-state index contributed by atoms with van der Waals surface area (Å²) in [4.78, 5) is 10.8. The molecule has 0 heterocycles. The van der Waals surface area contributed by atoms with E-state index in [0.717, 1.165) is 32.0 Å². The third-order valence-corrected chi connectivity index (χ3v) is 2.75. The molecule has 2 atom stereocenters. The predicted molar refractivity (Wildman–Crippen MR) is 55.5 cm³/mol. The van der Waals surface area contributed by atoms with Crippen LogP contribution in [0.4, 0.5) is 0 Å². The zero-order valence-corrected chi connectivity index (χ0v) is 8.33. The van der Waals surface area contributed by atoms with Gasteiger partial charge in [0.1, 0.15) is 6.29 Å². The fourth-order valence-electron chi connectivity index (χ4n) is 1.91. The molecule has 0 fully saturated rings. The summed E-state index contributed by atoms with van der Waals surface area (Å²) in [5.74, 6) is 0.571. The zero-order chi connectivity index (χ0) is 9.73. The second-order valence-electron chi connectivity index (χ2n) is 4.23. The van der Waals surface area contributed by atoms with Crippen molar-refractivity contribution in [3.05, 3.63) is 24.8 Å². The van der Waals surface area contributed by atoms with E-state index in [1.165, 1.54) is 0 Å². The summed E-state index contributed by atoms with van der Waals surface area (Å²) in [5.41, 5.74) is -0.111. The van der Waals surface area contributed by atoms with Crippen LogP contribution in [0.2, 0.25) is 0 Å². The van der Waals surface area contributed by atoms with Crippen LogP contribution in [0.15, 0.2) is 24.8 Å². The number of hydrogen-bond acceptors (Lipinski definition) is 1. The fourth-order valence-corrected chi connectivity index (χ4v) is 1.91. The highest BCUT2D eigenvalue weighted by atomic mass is 16.1. The molecule has 72 valence electrons. The molecule has 0 aliphatic heterocycles. The lowest BCUT2D eigenvalue weighted by atomic mass is 9.74. The van der Waals surface area contributed by atoms with Gasteiger partial charge in [0.05, 0.1) is 0 Å². The molecule has 0 aromatic rings. The first-order valence-corrected chi connectivity index (χ1v) is 4.94. The van der Waals surface area contributed by atoms with Crippen LogP contribution in [-0.4, -0.2) is 6.29 Å². The van der Waals surface area contributed by atoms with Gasteiger partial charge in [-0.2, -0.15) is 0 Å². The summed E-state index contributed by atoms with van der Waals surface area (Å²) < 4.78 is 0. The Hall–Kier alpha value is -0.850. The maximum absolute atomic E-state index is 10.8. The Morgan fingerprint density at radius 2 is 2.46 bits per heavy atom. The Bertz CT molecular complexity index is 217. The summed E-state index contributed by atoms with van der Waals surface area (Å²) >= 11 is 0. The first kappa shape index (κ1) is 10.2. The Kier molecular flexibility index (Phi) is 3.47. The Balaban J connectivity index is 2.50. The minimum absolute atomic E-state index is 0.111. The van der Waals surface area contributed by atoms with E-state index in [9.17, 15) is 4.79 Å². The molecule has 1 heteroatoms. The van der Waals surface area contributed by atoms with E-state index in [1.54, 1.807) is 0 Å². The van der Waals surface area contributed by atoms with E-state index in [2.05, 4.69) is 18.7 Å². The van der Waals surface area contributed by atoms with Crippen molar-refractivity contribution in [3.8, 4) is 0 Å². The van der Waals surface area contributed by atoms with Crippen molar-refractivity contribution in [2.45, 2.75) is 32.6 Å². The van der Waals surface area contributed by atoms with E-state index in [0.29, 0.717) is 5.92 Å². The second kappa shape index (κ2) is 4.40. The van der Waals surface area contributed by atoms with E-state index in [1.807, 2.05) is 13.0 Å². The molecule has 13 heavy (non-hydrogen) atoms. The predicted octanol–water partition coefficient (Wildman–Crippen LogP) is 3.12. The van der Waals surface area contributed by atoms with Crippen LogP contribution in [0.1, 0.15) is 32.6 Å². The summed E-state index contributed by atoms with van der Waals surface area (Å²) in [6.45, 7) is 5.75. The Labute approximate surface area is 80.5 Å². The minimum atomic E-state index is -0.111. The van der Waals surface area contributed by atoms with E-state index >= 15 is 0 Å². The van der Waals surface area contributed by atoms with Gasteiger partial charge in [0.15, 0.2) is 0 Å². The van der Waals surface area contributed by atoms with Gasteiger partial charge >= 0.3 is 0 Å². The zero-order valence-electron chi connectivity index (χ0n) is 8.33. The quantitative estimate of drug-likeness (QED) is 0.477. The van der Waals surface area contributed by atoms with Crippen molar-refractivity contribution >= 4 is 6.29 Å². The first-order chi connectivity index (χ1) is 6.20. The average Bonchev–Trinajstić information content (AvgIpc) is 2.15. The van der Waals surface area contributed by atoms with Crippen molar-refractivity contribution in [1.29, 1.82) is 0 Å². The molecule has 1 aliphatic carbocycles. The van der Waals surface area contributed by atoms with E-state index in [-0.39, 0.29) is 5.41 Å².